The van der Waals surface area contributed by atoms with Crippen LogP contribution in [0.4, 0.5) is 0 Å². The molecule has 7 atom stereocenters. The number of ether oxygens (including phenoxy) is 2. The van der Waals surface area contributed by atoms with Gasteiger partial charge in [-0.15, -0.1) is 0 Å². The van der Waals surface area contributed by atoms with Crippen molar-refractivity contribution < 1.29 is 57.4 Å². The van der Waals surface area contributed by atoms with Crippen molar-refractivity contribution >= 4 is 19.8 Å². The van der Waals surface area contributed by atoms with Crippen molar-refractivity contribution in [2.24, 2.45) is 11.8 Å². The Bertz CT molecular complexity index is 879. The summed E-state index contributed by atoms with van der Waals surface area (Å²) in [4.78, 5) is 33.5. The smallest absolute Gasteiger partial charge is 0.462 e. The van der Waals surface area contributed by atoms with Crippen LogP contribution in [0.15, 0.2) is 12.2 Å². The third kappa shape index (κ3) is 18.9. The largest absolute Gasteiger partial charge is 0.472 e. The highest BCUT2D eigenvalue weighted by atomic mass is 31.2. The van der Waals surface area contributed by atoms with E-state index in [2.05, 4.69) is 6.92 Å². The number of likely N-dealkylation sites (N-methyl/N-ethyl adjacent to an activating group) is 1. The number of unbranched alkanes of at least 4 members (excludes halogenated alkanes) is 5. The maximum absolute atomic E-state index is 12.2. The van der Waals surface area contributed by atoms with Crippen molar-refractivity contribution in [1.82, 2.24) is 0 Å². The molecule has 0 amide bonds. The number of hydrogen-bond acceptors (Lipinski definition) is 10. The van der Waals surface area contributed by atoms with Crippen LogP contribution < -0.4 is 0 Å². The van der Waals surface area contributed by atoms with Crippen LogP contribution in [-0.2, 0) is 32.7 Å². The summed E-state index contributed by atoms with van der Waals surface area (Å²) in [6, 6.07) is 0. The number of esters is 2. The highest BCUT2D eigenvalue weighted by molar-refractivity contribution is 7.47. The van der Waals surface area contributed by atoms with Gasteiger partial charge in [0.15, 0.2) is 6.10 Å². The molecule has 0 saturated heterocycles. The van der Waals surface area contributed by atoms with Crippen molar-refractivity contribution in [2.75, 3.05) is 47.5 Å². The van der Waals surface area contributed by atoms with Gasteiger partial charge in [0.05, 0.1) is 46.1 Å². The maximum atomic E-state index is 12.2. The minimum absolute atomic E-state index is 0.00531. The minimum atomic E-state index is -4.37. The van der Waals surface area contributed by atoms with E-state index in [1.165, 1.54) is 6.92 Å². The number of nitrogens with zero attached hydrogens (tertiary/aromatic N) is 1. The van der Waals surface area contributed by atoms with Crippen molar-refractivity contribution in [1.29, 1.82) is 0 Å². The van der Waals surface area contributed by atoms with Crippen LogP contribution in [0.3, 0.4) is 0 Å². The molecule has 0 heterocycles. The molecule has 0 aromatic carbocycles. The van der Waals surface area contributed by atoms with Crippen LogP contribution in [0.25, 0.3) is 0 Å². The van der Waals surface area contributed by atoms with Crippen molar-refractivity contribution in [2.45, 2.75) is 109 Å². The second-order valence-electron chi connectivity index (χ2n) is 12.5. The van der Waals surface area contributed by atoms with E-state index < -0.39 is 50.8 Å². The number of rotatable bonds is 23. The molecule has 13 heteroatoms. The molecule has 0 bridgehead atoms. The molecule has 1 unspecified atom stereocenters. The molecule has 1 fully saturated rings. The fourth-order valence-electron chi connectivity index (χ4n) is 4.99. The van der Waals surface area contributed by atoms with Crippen molar-refractivity contribution in [3.05, 3.63) is 12.2 Å². The van der Waals surface area contributed by atoms with E-state index >= 15 is 0 Å². The Morgan fingerprint density at radius 3 is 2.35 bits per heavy atom. The average Bonchev–Trinajstić information content (AvgIpc) is 3.17. The normalized spacial score (nSPS) is 23.7. The lowest BCUT2D eigenvalue weighted by molar-refractivity contribution is -0.870. The Morgan fingerprint density at radius 1 is 1.00 bits per heavy atom. The number of quaternary nitrogens is 1. The Labute approximate surface area is 257 Å². The van der Waals surface area contributed by atoms with Gasteiger partial charge in [0, 0.05) is 25.7 Å². The number of hydrogen-bond donors (Lipinski definition) is 4. The SMILES string of the molecule is CCCCC[C@H](O)/C=C/[C@@H]1[C@@H](CCCCCCC(=O)OC[C@H](COP(=O)(O)OCC[N+](C)(C)C)OC(C)=O)[C@@H](O)C[C@H]1O. The lowest BCUT2D eigenvalue weighted by Crippen LogP contribution is -2.37. The first-order valence-electron chi connectivity index (χ1n) is 15.6. The standard InChI is InChI=1S/C30H56NO11P/c1-6-7-10-13-24(33)16-17-27-26(28(34)20-29(27)35)14-11-8-9-12-15-30(36)39-21-25(42-23(2)32)22-41-43(37,38)40-19-18-31(3,4)5/h16-17,24-29,33-35H,6-15,18-22H2,1-5H3/p+1/b17-16+/t24-,25+,26+,27+,28-,29+/m0/s1. The molecule has 1 aliphatic rings. The van der Waals surface area contributed by atoms with Crippen molar-refractivity contribution in [3.63, 3.8) is 0 Å². The third-order valence-electron chi connectivity index (χ3n) is 7.45. The van der Waals surface area contributed by atoms with E-state index in [0.29, 0.717) is 30.3 Å². The quantitative estimate of drug-likeness (QED) is 0.0425. The van der Waals surface area contributed by atoms with E-state index in [1.807, 2.05) is 27.2 Å². The molecular weight excluding hydrogens is 581 g/mol. The van der Waals surface area contributed by atoms with Crippen LogP contribution in [0.1, 0.15) is 84.5 Å². The van der Waals surface area contributed by atoms with Gasteiger partial charge in [0.2, 0.25) is 0 Å². The predicted octanol–water partition coefficient (Wildman–Crippen LogP) is 3.50. The first-order chi connectivity index (χ1) is 20.1. The molecule has 0 aromatic heterocycles. The zero-order chi connectivity index (χ0) is 32.5. The first kappa shape index (κ1) is 39.7. The fraction of sp³-hybridized carbons (Fsp3) is 0.867. The maximum Gasteiger partial charge on any atom is 0.472 e. The van der Waals surface area contributed by atoms with Gasteiger partial charge in [-0.3, -0.25) is 18.6 Å². The lowest BCUT2D eigenvalue weighted by atomic mass is 9.88. The van der Waals surface area contributed by atoms with E-state index in [0.717, 1.165) is 44.9 Å². The summed E-state index contributed by atoms with van der Waals surface area (Å²) < 4.78 is 32.8. The monoisotopic (exact) mass is 638 g/mol. The zero-order valence-corrected chi connectivity index (χ0v) is 27.7. The molecule has 0 radical (unpaired) electrons. The van der Waals surface area contributed by atoms with Crippen molar-refractivity contribution in [3.8, 4) is 0 Å². The molecule has 0 spiro atoms. The summed E-state index contributed by atoms with van der Waals surface area (Å²) in [7, 11) is 1.35. The number of phosphoric ester groups is 1. The minimum Gasteiger partial charge on any atom is -0.462 e. The molecule has 0 aromatic rings. The zero-order valence-electron chi connectivity index (χ0n) is 26.8. The van der Waals surface area contributed by atoms with Gasteiger partial charge in [-0.05, 0) is 25.2 Å². The molecule has 0 aliphatic heterocycles. The molecule has 1 rings (SSSR count). The number of carbonyl (C=O) groups excluding carboxylic acids is 2. The molecule has 43 heavy (non-hydrogen) atoms. The number of carbonyl (C=O) groups is 2. The van der Waals surface area contributed by atoms with Gasteiger partial charge in [-0.25, -0.2) is 4.57 Å². The van der Waals surface area contributed by atoms with E-state index in [4.69, 9.17) is 18.5 Å². The summed E-state index contributed by atoms with van der Waals surface area (Å²) in [6.45, 7) is 2.97. The predicted molar refractivity (Wildman–Crippen MR) is 162 cm³/mol. The highest BCUT2D eigenvalue weighted by Crippen LogP contribution is 2.43. The third-order valence-corrected chi connectivity index (χ3v) is 8.43. The Morgan fingerprint density at radius 2 is 1.70 bits per heavy atom. The first-order valence-corrected chi connectivity index (χ1v) is 17.1. The summed E-state index contributed by atoms with van der Waals surface area (Å²) in [5, 5.41) is 31.1. The second kappa shape index (κ2) is 20.6. The molecule has 1 saturated carbocycles. The van der Waals surface area contributed by atoms with Gasteiger partial charge < -0.3 is 34.2 Å². The van der Waals surface area contributed by atoms with Gasteiger partial charge in [0.1, 0.15) is 19.8 Å². The van der Waals surface area contributed by atoms with E-state index in [9.17, 15) is 34.4 Å². The Hall–Kier alpha value is -1.37. The summed E-state index contributed by atoms with van der Waals surface area (Å²) >= 11 is 0. The van der Waals surface area contributed by atoms with Crippen LogP contribution in [-0.4, -0.2) is 109 Å². The molecular formula is C30H57NO11P+. The van der Waals surface area contributed by atoms with Gasteiger partial charge >= 0.3 is 19.8 Å². The second-order valence-corrected chi connectivity index (χ2v) is 14.0. The average molecular weight is 639 g/mol. The number of phosphoric acid groups is 1. The molecule has 252 valence electrons. The van der Waals surface area contributed by atoms with Crippen LogP contribution in [0, 0.1) is 11.8 Å². The Balaban J connectivity index is 2.36. The molecule has 4 N–H and O–H groups in total. The van der Waals surface area contributed by atoms with Crippen LogP contribution >= 0.6 is 7.82 Å². The van der Waals surface area contributed by atoms with E-state index in [1.54, 1.807) is 6.08 Å². The Kier molecular flexibility index (Phi) is 19.0. The van der Waals surface area contributed by atoms with Crippen LogP contribution in [0.5, 0.6) is 0 Å². The van der Waals surface area contributed by atoms with Crippen LogP contribution in [0.2, 0.25) is 0 Å². The fourth-order valence-corrected chi connectivity index (χ4v) is 5.73. The number of aliphatic hydroxyl groups excluding tert-OH is 3. The molecule has 1 aliphatic carbocycles. The van der Waals surface area contributed by atoms with Gasteiger partial charge in [-0.1, -0.05) is 57.6 Å². The van der Waals surface area contributed by atoms with Gasteiger partial charge in [-0.2, -0.15) is 0 Å². The summed E-state index contributed by atoms with van der Waals surface area (Å²) in [5.74, 6) is -1.39. The van der Waals surface area contributed by atoms with E-state index in [-0.39, 0.29) is 31.5 Å². The topological polar surface area (TPSA) is 169 Å². The molecule has 12 nitrogen and oxygen atoms in total. The summed E-state index contributed by atoms with van der Waals surface area (Å²) in [6.07, 6.45) is 8.87. The number of aliphatic hydroxyl groups is 3. The lowest BCUT2D eigenvalue weighted by Gasteiger charge is -2.24. The summed E-state index contributed by atoms with van der Waals surface area (Å²) in [5.41, 5.74) is 0. The van der Waals surface area contributed by atoms with Gasteiger partial charge in [0.25, 0.3) is 0 Å². The highest BCUT2D eigenvalue weighted by Gasteiger charge is 2.39.